The summed E-state index contributed by atoms with van der Waals surface area (Å²) in [5.41, 5.74) is 0.952. The van der Waals surface area contributed by atoms with Crippen molar-refractivity contribution in [1.82, 2.24) is 0 Å². The Morgan fingerprint density at radius 1 is 1.12 bits per heavy atom. The molecule has 0 radical (unpaired) electrons. The molecule has 5 nitrogen and oxygen atoms in total. The van der Waals surface area contributed by atoms with Crippen molar-refractivity contribution in [3.05, 3.63) is 58.1 Å². The maximum absolute atomic E-state index is 12.2. The highest BCUT2D eigenvalue weighted by Crippen LogP contribution is 2.28. The summed E-state index contributed by atoms with van der Waals surface area (Å²) in [4.78, 5) is 23.8. The van der Waals surface area contributed by atoms with Crippen molar-refractivity contribution in [3.63, 3.8) is 0 Å². The number of halogens is 2. The molecule has 0 fully saturated rings. The quantitative estimate of drug-likeness (QED) is 0.743. The van der Waals surface area contributed by atoms with Gasteiger partial charge in [-0.2, -0.15) is 0 Å². The fourth-order valence-electron chi connectivity index (χ4n) is 1.96. The molecule has 1 amide bonds. The number of rotatable bonds is 6. The molecule has 132 valence electrons. The average molecular weight is 382 g/mol. The lowest BCUT2D eigenvalue weighted by molar-refractivity contribution is -0.122. The molecule has 2 aromatic carbocycles. The third kappa shape index (κ3) is 5.37. The zero-order valence-corrected chi connectivity index (χ0v) is 15.2. The van der Waals surface area contributed by atoms with Gasteiger partial charge in [-0.05, 0) is 56.3 Å². The third-order valence-corrected chi connectivity index (χ3v) is 3.76. The van der Waals surface area contributed by atoms with Crippen molar-refractivity contribution in [1.29, 1.82) is 0 Å². The summed E-state index contributed by atoms with van der Waals surface area (Å²) in [6, 6.07) is 11.2. The first-order valence-electron chi connectivity index (χ1n) is 7.60. The second-order valence-corrected chi connectivity index (χ2v) is 5.97. The molecular formula is C18H17Cl2NO4. The van der Waals surface area contributed by atoms with E-state index in [0.29, 0.717) is 33.7 Å². The van der Waals surface area contributed by atoms with Crippen molar-refractivity contribution < 1.29 is 19.1 Å². The van der Waals surface area contributed by atoms with Crippen LogP contribution in [0.2, 0.25) is 10.0 Å². The van der Waals surface area contributed by atoms with E-state index in [4.69, 9.17) is 32.7 Å². The molecule has 2 aromatic rings. The Morgan fingerprint density at radius 2 is 1.80 bits per heavy atom. The topological polar surface area (TPSA) is 64.6 Å². The minimum absolute atomic E-state index is 0.305. The molecular weight excluding hydrogens is 365 g/mol. The summed E-state index contributed by atoms with van der Waals surface area (Å²) < 4.78 is 10.5. The first-order valence-corrected chi connectivity index (χ1v) is 8.36. The zero-order chi connectivity index (χ0) is 18.4. The first-order chi connectivity index (χ1) is 11.9. The summed E-state index contributed by atoms with van der Waals surface area (Å²) in [5, 5.41) is 3.51. The van der Waals surface area contributed by atoms with Gasteiger partial charge in [0.15, 0.2) is 6.10 Å². The van der Waals surface area contributed by atoms with Gasteiger partial charge in [0.25, 0.3) is 5.91 Å². The van der Waals surface area contributed by atoms with Crippen LogP contribution in [0.15, 0.2) is 42.5 Å². The highest BCUT2D eigenvalue weighted by molar-refractivity contribution is 6.35. The lowest BCUT2D eigenvalue weighted by atomic mass is 10.2. The highest BCUT2D eigenvalue weighted by atomic mass is 35.5. The van der Waals surface area contributed by atoms with E-state index in [1.165, 1.54) is 6.07 Å². The van der Waals surface area contributed by atoms with Gasteiger partial charge in [-0.25, -0.2) is 4.79 Å². The molecule has 0 spiro atoms. The maximum Gasteiger partial charge on any atom is 0.338 e. The van der Waals surface area contributed by atoms with Crippen molar-refractivity contribution in [2.45, 2.75) is 20.0 Å². The molecule has 0 saturated carbocycles. The van der Waals surface area contributed by atoms with Gasteiger partial charge in [0.1, 0.15) is 5.75 Å². The SMILES string of the molecule is CCOC(=O)c1ccc(NC(=O)[C@@H](C)Oc2ccc(Cl)cc2Cl)cc1. The predicted molar refractivity (Wildman–Crippen MR) is 97.6 cm³/mol. The second-order valence-electron chi connectivity index (χ2n) is 5.12. The number of benzene rings is 2. The Labute approximate surface area is 155 Å². The van der Waals surface area contributed by atoms with Crippen LogP contribution in [0.25, 0.3) is 0 Å². The van der Waals surface area contributed by atoms with E-state index in [2.05, 4.69) is 5.32 Å². The predicted octanol–water partition coefficient (Wildman–Crippen LogP) is 4.58. The lowest BCUT2D eigenvalue weighted by Crippen LogP contribution is -2.30. The Kier molecular flexibility index (Phi) is 6.67. The second kappa shape index (κ2) is 8.74. The molecule has 0 aliphatic heterocycles. The van der Waals surface area contributed by atoms with Crippen LogP contribution in [0.3, 0.4) is 0 Å². The van der Waals surface area contributed by atoms with E-state index in [0.717, 1.165) is 0 Å². The van der Waals surface area contributed by atoms with Crippen molar-refractivity contribution in [3.8, 4) is 5.75 Å². The number of amides is 1. The first kappa shape index (κ1) is 19.1. The minimum Gasteiger partial charge on any atom is -0.479 e. The molecule has 1 N–H and O–H groups in total. The van der Waals surface area contributed by atoms with Crippen molar-refractivity contribution >= 4 is 40.8 Å². The van der Waals surface area contributed by atoms with Crippen LogP contribution in [0.4, 0.5) is 5.69 Å². The van der Waals surface area contributed by atoms with E-state index in [1.54, 1.807) is 50.2 Å². The van der Waals surface area contributed by atoms with Gasteiger partial charge in [0.05, 0.1) is 17.2 Å². The van der Waals surface area contributed by atoms with Gasteiger partial charge < -0.3 is 14.8 Å². The summed E-state index contributed by atoms with van der Waals surface area (Å²) in [6.07, 6.45) is -0.775. The van der Waals surface area contributed by atoms with Gasteiger partial charge in [-0.1, -0.05) is 23.2 Å². The fraction of sp³-hybridized carbons (Fsp3) is 0.222. The lowest BCUT2D eigenvalue weighted by Gasteiger charge is -2.16. The Morgan fingerprint density at radius 3 is 2.40 bits per heavy atom. The zero-order valence-electron chi connectivity index (χ0n) is 13.7. The Hall–Kier alpha value is -2.24. The van der Waals surface area contributed by atoms with E-state index in [-0.39, 0.29) is 5.91 Å². The van der Waals surface area contributed by atoms with Gasteiger partial charge >= 0.3 is 5.97 Å². The molecule has 1 atom stereocenters. The molecule has 0 aliphatic carbocycles. The molecule has 2 rings (SSSR count). The monoisotopic (exact) mass is 381 g/mol. The number of hydrogen-bond donors (Lipinski definition) is 1. The van der Waals surface area contributed by atoms with Crippen LogP contribution in [-0.4, -0.2) is 24.6 Å². The summed E-state index contributed by atoms with van der Waals surface area (Å²) in [7, 11) is 0. The summed E-state index contributed by atoms with van der Waals surface area (Å²) in [5.74, 6) is -0.393. The Balaban J connectivity index is 1.97. The van der Waals surface area contributed by atoms with Crippen LogP contribution in [-0.2, 0) is 9.53 Å². The molecule has 25 heavy (non-hydrogen) atoms. The molecule has 0 unspecified atom stereocenters. The normalized spacial score (nSPS) is 11.5. The van der Waals surface area contributed by atoms with Crippen LogP contribution in [0, 0.1) is 0 Å². The van der Waals surface area contributed by atoms with Crippen LogP contribution in [0.5, 0.6) is 5.75 Å². The van der Waals surface area contributed by atoms with E-state index in [9.17, 15) is 9.59 Å². The number of ether oxygens (including phenoxy) is 2. The van der Waals surface area contributed by atoms with E-state index in [1.807, 2.05) is 0 Å². The van der Waals surface area contributed by atoms with Crippen molar-refractivity contribution in [2.24, 2.45) is 0 Å². The summed E-state index contributed by atoms with van der Waals surface area (Å²) in [6.45, 7) is 3.65. The number of anilines is 1. The smallest absolute Gasteiger partial charge is 0.338 e. The van der Waals surface area contributed by atoms with Gasteiger partial charge in [-0.3, -0.25) is 4.79 Å². The van der Waals surface area contributed by atoms with Gasteiger partial charge in [0.2, 0.25) is 0 Å². The molecule has 0 aliphatic rings. The van der Waals surface area contributed by atoms with Crippen LogP contribution >= 0.6 is 23.2 Å². The molecule has 0 saturated heterocycles. The van der Waals surface area contributed by atoms with E-state index >= 15 is 0 Å². The molecule has 0 bridgehead atoms. The summed E-state index contributed by atoms with van der Waals surface area (Å²) >= 11 is 11.9. The highest BCUT2D eigenvalue weighted by Gasteiger charge is 2.17. The largest absolute Gasteiger partial charge is 0.479 e. The molecule has 0 heterocycles. The van der Waals surface area contributed by atoms with Gasteiger partial charge in [0, 0.05) is 10.7 Å². The Bertz CT molecular complexity index is 762. The number of hydrogen-bond acceptors (Lipinski definition) is 4. The number of nitrogens with one attached hydrogen (secondary N) is 1. The van der Waals surface area contributed by atoms with Crippen LogP contribution < -0.4 is 10.1 Å². The molecule has 0 aromatic heterocycles. The van der Waals surface area contributed by atoms with Crippen molar-refractivity contribution in [2.75, 3.05) is 11.9 Å². The third-order valence-electron chi connectivity index (χ3n) is 3.23. The maximum atomic E-state index is 12.2. The number of carbonyl (C=O) groups is 2. The fourth-order valence-corrected chi connectivity index (χ4v) is 2.42. The van der Waals surface area contributed by atoms with Gasteiger partial charge in [-0.15, -0.1) is 0 Å². The molecule has 7 heteroatoms. The number of carbonyl (C=O) groups excluding carboxylic acids is 2. The number of esters is 1. The average Bonchev–Trinajstić information content (AvgIpc) is 2.58. The minimum atomic E-state index is -0.775. The van der Waals surface area contributed by atoms with Crippen LogP contribution in [0.1, 0.15) is 24.2 Å². The van der Waals surface area contributed by atoms with E-state index < -0.39 is 12.1 Å². The standard InChI is InChI=1S/C18H17Cl2NO4/c1-3-24-18(23)12-4-7-14(8-5-12)21-17(22)11(2)25-16-9-6-13(19)10-15(16)20/h4-11H,3H2,1-2H3,(H,21,22)/t11-/m1/s1.